The SMILES string of the molecule is N[C@@H]1CC2(CCN(C3CC3)C2)Oc2ccccc21. The summed E-state index contributed by atoms with van der Waals surface area (Å²) in [7, 11) is 0. The van der Waals surface area contributed by atoms with Gasteiger partial charge < -0.3 is 10.5 Å². The van der Waals surface area contributed by atoms with Crippen molar-refractivity contribution >= 4 is 0 Å². The van der Waals surface area contributed by atoms with Gasteiger partial charge in [-0.1, -0.05) is 18.2 Å². The standard InChI is InChI=1S/C15H20N2O/c16-13-9-15(7-8-17(10-15)11-5-6-11)18-14-4-2-1-3-12(13)14/h1-4,11,13H,5-10,16H2/t13-,15?/m1/s1. The number of benzene rings is 1. The van der Waals surface area contributed by atoms with E-state index >= 15 is 0 Å². The van der Waals surface area contributed by atoms with Crippen molar-refractivity contribution in [1.82, 2.24) is 4.90 Å². The maximum absolute atomic E-state index is 6.34. The van der Waals surface area contributed by atoms with Gasteiger partial charge >= 0.3 is 0 Å². The summed E-state index contributed by atoms with van der Waals surface area (Å²) in [6, 6.07) is 9.22. The van der Waals surface area contributed by atoms with E-state index in [1.54, 1.807) is 0 Å². The molecule has 0 radical (unpaired) electrons. The lowest BCUT2D eigenvalue weighted by Crippen LogP contribution is -2.45. The second-order valence-corrected chi connectivity index (χ2v) is 6.09. The molecule has 3 heteroatoms. The van der Waals surface area contributed by atoms with Crippen molar-refractivity contribution in [2.75, 3.05) is 13.1 Å². The number of nitrogens with zero attached hydrogens (tertiary/aromatic N) is 1. The number of nitrogens with two attached hydrogens (primary N) is 1. The van der Waals surface area contributed by atoms with Gasteiger partial charge in [0.2, 0.25) is 0 Å². The summed E-state index contributed by atoms with van der Waals surface area (Å²) in [6.07, 6.45) is 4.84. The molecule has 1 saturated carbocycles. The third-order valence-electron chi connectivity index (χ3n) is 4.65. The van der Waals surface area contributed by atoms with Gasteiger partial charge in [0.1, 0.15) is 11.4 Å². The number of fused-ring (bicyclic) bond motifs is 1. The van der Waals surface area contributed by atoms with Crippen molar-refractivity contribution < 1.29 is 4.74 Å². The molecule has 0 amide bonds. The van der Waals surface area contributed by atoms with Gasteiger partial charge in [0.25, 0.3) is 0 Å². The molecule has 1 spiro atoms. The van der Waals surface area contributed by atoms with E-state index in [-0.39, 0.29) is 11.6 Å². The largest absolute Gasteiger partial charge is 0.485 e. The minimum atomic E-state index is -0.0175. The molecule has 1 saturated heterocycles. The predicted octanol–water partition coefficient (Wildman–Crippen LogP) is 2.08. The molecule has 2 aliphatic heterocycles. The minimum absolute atomic E-state index is 0.0175. The minimum Gasteiger partial charge on any atom is -0.485 e. The molecule has 1 unspecified atom stereocenters. The third-order valence-corrected chi connectivity index (χ3v) is 4.65. The molecule has 2 atom stereocenters. The first kappa shape index (κ1) is 10.8. The number of hydrogen-bond acceptors (Lipinski definition) is 3. The number of likely N-dealkylation sites (tertiary alicyclic amines) is 1. The van der Waals surface area contributed by atoms with Gasteiger partial charge in [0.15, 0.2) is 0 Å². The molecule has 0 bridgehead atoms. The van der Waals surface area contributed by atoms with Gasteiger partial charge in [-0.25, -0.2) is 0 Å². The van der Waals surface area contributed by atoms with Crippen LogP contribution < -0.4 is 10.5 Å². The van der Waals surface area contributed by atoms with E-state index in [4.69, 9.17) is 10.5 Å². The Labute approximate surface area is 108 Å². The Hall–Kier alpha value is -1.06. The molecule has 1 aliphatic carbocycles. The first-order chi connectivity index (χ1) is 8.76. The first-order valence-electron chi connectivity index (χ1n) is 7.03. The Balaban J connectivity index is 1.61. The summed E-state index contributed by atoms with van der Waals surface area (Å²) in [6.45, 7) is 2.25. The fraction of sp³-hybridized carbons (Fsp3) is 0.600. The number of ether oxygens (including phenoxy) is 1. The highest BCUT2D eigenvalue weighted by molar-refractivity contribution is 5.39. The Morgan fingerprint density at radius 2 is 2.11 bits per heavy atom. The molecule has 4 rings (SSSR count). The lowest BCUT2D eigenvalue weighted by atomic mass is 9.87. The Kier molecular flexibility index (Phi) is 2.24. The fourth-order valence-electron chi connectivity index (χ4n) is 3.54. The van der Waals surface area contributed by atoms with Gasteiger partial charge in [0, 0.05) is 43.6 Å². The van der Waals surface area contributed by atoms with Crippen molar-refractivity contribution in [2.24, 2.45) is 5.73 Å². The lowest BCUT2D eigenvalue weighted by Gasteiger charge is -2.38. The van der Waals surface area contributed by atoms with E-state index in [1.165, 1.54) is 24.9 Å². The van der Waals surface area contributed by atoms with Crippen molar-refractivity contribution in [2.45, 2.75) is 43.4 Å². The van der Waals surface area contributed by atoms with Crippen molar-refractivity contribution in [1.29, 1.82) is 0 Å². The smallest absolute Gasteiger partial charge is 0.125 e. The number of rotatable bonds is 1. The first-order valence-corrected chi connectivity index (χ1v) is 7.03. The second kappa shape index (κ2) is 3.72. The van der Waals surface area contributed by atoms with Crippen LogP contribution in [0.2, 0.25) is 0 Å². The maximum atomic E-state index is 6.34. The van der Waals surface area contributed by atoms with Gasteiger partial charge in [-0.2, -0.15) is 0 Å². The van der Waals surface area contributed by atoms with Crippen LogP contribution in [-0.2, 0) is 0 Å². The molecular weight excluding hydrogens is 224 g/mol. The lowest BCUT2D eigenvalue weighted by molar-refractivity contribution is 0.0433. The molecule has 0 aromatic heterocycles. The Bertz CT molecular complexity index is 471. The summed E-state index contributed by atoms with van der Waals surface area (Å²) in [5.41, 5.74) is 7.50. The highest BCUT2D eigenvalue weighted by Crippen LogP contribution is 2.44. The summed E-state index contributed by atoms with van der Waals surface area (Å²) >= 11 is 0. The summed E-state index contributed by atoms with van der Waals surface area (Å²) in [5.74, 6) is 1.01. The molecule has 3 nitrogen and oxygen atoms in total. The molecule has 1 aromatic rings. The zero-order valence-electron chi connectivity index (χ0n) is 10.6. The van der Waals surface area contributed by atoms with Crippen molar-refractivity contribution in [3.05, 3.63) is 29.8 Å². The van der Waals surface area contributed by atoms with E-state index in [1.807, 2.05) is 12.1 Å². The second-order valence-electron chi connectivity index (χ2n) is 6.09. The van der Waals surface area contributed by atoms with Crippen molar-refractivity contribution in [3.63, 3.8) is 0 Å². The summed E-state index contributed by atoms with van der Waals surface area (Å²) in [4.78, 5) is 2.60. The number of hydrogen-bond donors (Lipinski definition) is 1. The topological polar surface area (TPSA) is 38.5 Å². The quantitative estimate of drug-likeness (QED) is 0.822. The Morgan fingerprint density at radius 3 is 2.94 bits per heavy atom. The molecule has 2 heterocycles. The van der Waals surface area contributed by atoms with Crippen molar-refractivity contribution in [3.8, 4) is 5.75 Å². The zero-order valence-corrected chi connectivity index (χ0v) is 10.6. The highest BCUT2D eigenvalue weighted by Gasteiger charge is 2.48. The van der Waals surface area contributed by atoms with Crippen LogP contribution in [0.5, 0.6) is 5.75 Å². The van der Waals surface area contributed by atoms with Gasteiger partial charge in [-0.3, -0.25) is 4.90 Å². The van der Waals surface area contributed by atoms with Gasteiger partial charge in [-0.15, -0.1) is 0 Å². The molecule has 1 aromatic carbocycles. The predicted molar refractivity (Wildman–Crippen MR) is 70.6 cm³/mol. The normalized spacial score (nSPS) is 35.5. The Morgan fingerprint density at radius 1 is 1.28 bits per heavy atom. The fourth-order valence-corrected chi connectivity index (χ4v) is 3.54. The van der Waals surface area contributed by atoms with E-state index in [0.717, 1.165) is 31.2 Å². The van der Waals surface area contributed by atoms with Gasteiger partial charge in [-0.05, 0) is 18.9 Å². The number of para-hydroxylation sites is 1. The average Bonchev–Trinajstić information content (AvgIpc) is 3.14. The van der Waals surface area contributed by atoms with Crippen LogP contribution in [0.4, 0.5) is 0 Å². The highest BCUT2D eigenvalue weighted by atomic mass is 16.5. The summed E-state index contributed by atoms with van der Waals surface area (Å²) < 4.78 is 6.34. The monoisotopic (exact) mass is 244 g/mol. The molecule has 96 valence electrons. The maximum Gasteiger partial charge on any atom is 0.125 e. The van der Waals surface area contributed by atoms with Gasteiger partial charge in [0.05, 0.1) is 0 Å². The average molecular weight is 244 g/mol. The van der Waals surface area contributed by atoms with E-state index in [0.29, 0.717) is 0 Å². The van der Waals surface area contributed by atoms with Crippen LogP contribution in [0.3, 0.4) is 0 Å². The van der Waals surface area contributed by atoms with Crippen LogP contribution in [0.1, 0.15) is 37.3 Å². The summed E-state index contributed by atoms with van der Waals surface area (Å²) in [5, 5.41) is 0. The van der Waals surface area contributed by atoms with Crippen LogP contribution >= 0.6 is 0 Å². The zero-order chi connectivity index (χ0) is 12.2. The van der Waals surface area contributed by atoms with Crippen LogP contribution in [-0.4, -0.2) is 29.6 Å². The molecular formula is C15H20N2O. The molecule has 2 N–H and O–H groups in total. The molecule has 18 heavy (non-hydrogen) atoms. The van der Waals surface area contributed by atoms with Crippen LogP contribution in [0.15, 0.2) is 24.3 Å². The van der Waals surface area contributed by atoms with E-state index in [9.17, 15) is 0 Å². The molecule has 2 fully saturated rings. The van der Waals surface area contributed by atoms with Crippen LogP contribution in [0, 0.1) is 0 Å². The van der Waals surface area contributed by atoms with E-state index in [2.05, 4.69) is 17.0 Å². The van der Waals surface area contributed by atoms with Crippen LogP contribution in [0.25, 0.3) is 0 Å². The molecule has 3 aliphatic rings. The third kappa shape index (κ3) is 1.65. The van der Waals surface area contributed by atoms with E-state index < -0.39 is 0 Å².